The van der Waals surface area contributed by atoms with Crippen LogP contribution in [0.2, 0.25) is 0 Å². The van der Waals surface area contributed by atoms with Gasteiger partial charge in [0.15, 0.2) is 0 Å². The first-order valence-electron chi connectivity index (χ1n) is 6.12. The van der Waals surface area contributed by atoms with E-state index in [1.54, 1.807) is 23.5 Å². The van der Waals surface area contributed by atoms with Gasteiger partial charge in [0, 0.05) is 5.75 Å². The van der Waals surface area contributed by atoms with Crippen molar-refractivity contribution in [3.8, 4) is 6.07 Å². The molecule has 19 heavy (non-hydrogen) atoms. The van der Waals surface area contributed by atoms with Gasteiger partial charge in [0.1, 0.15) is 5.03 Å². The van der Waals surface area contributed by atoms with E-state index in [1.165, 1.54) is 0 Å². The Hall–Kier alpha value is -1.25. The highest BCUT2D eigenvalue weighted by atomic mass is 32.2. The zero-order valence-electron chi connectivity index (χ0n) is 10.8. The van der Waals surface area contributed by atoms with Crippen LogP contribution in [0.3, 0.4) is 0 Å². The van der Waals surface area contributed by atoms with Crippen molar-refractivity contribution in [1.82, 2.24) is 9.97 Å². The second-order valence-electron chi connectivity index (χ2n) is 4.02. The maximum absolute atomic E-state index is 8.44. The summed E-state index contributed by atoms with van der Waals surface area (Å²) in [6.07, 6.45) is 1.09. The molecule has 98 valence electrons. The summed E-state index contributed by atoms with van der Waals surface area (Å²) in [5.41, 5.74) is 2.90. The number of para-hydroxylation sites is 2. The fourth-order valence-electron chi connectivity index (χ4n) is 1.66. The van der Waals surface area contributed by atoms with Crippen molar-refractivity contribution < 1.29 is 0 Å². The van der Waals surface area contributed by atoms with Crippen LogP contribution < -0.4 is 0 Å². The van der Waals surface area contributed by atoms with Crippen LogP contribution in [-0.4, -0.2) is 27.2 Å². The Labute approximate surface area is 121 Å². The molecule has 1 heterocycles. The van der Waals surface area contributed by atoms with Crippen LogP contribution in [-0.2, 0) is 0 Å². The Kier molecular flexibility index (Phi) is 5.49. The van der Waals surface area contributed by atoms with Gasteiger partial charge in [-0.3, -0.25) is 0 Å². The molecule has 0 atom stereocenters. The summed E-state index contributed by atoms with van der Waals surface area (Å²) in [4.78, 5) is 9.22. The standard InChI is InChI=1S/C14H15N3S2/c1-11-14(19-9-4-8-18-10-7-15)17-13-6-3-2-5-12(13)16-11/h2-3,5-6H,4,8-10H2,1H3. The van der Waals surface area contributed by atoms with E-state index in [-0.39, 0.29) is 0 Å². The number of fused-ring (bicyclic) bond motifs is 1. The van der Waals surface area contributed by atoms with Crippen molar-refractivity contribution in [3.63, 3.8) is 0 Å². The van der Waals surface area contributed by atoms with Gasteiger partial charge in [0.05, 0.1) is 28.5 Å². The van der Waals surface area contributed by atoms with E-state index in [0.29, 0.717) is 5.75 Å². The average molecular weight is 289 g/mol. The highest BCUT2D eigenvalue weighted by molar-refractivity contribution is 8.00. The summed E-state index contributed by atoms with van der Waals surface area (Å²) in [6.45, 7) is 2.01. The SMILES string of the molecule is Cc1nc2ccccc2nc1SCCCSCC#N. The molecule has 0 amide bonds. The summed E-state index contributed by atoms with van der Waals surface area (Å²) in [5, 5.41) is 9.46. The van der Waals surface area contributed by atoms with E-state index >= 15 is 0 Å². The quantitative estimate of drug-likeness (QED) is 0.600. The summed E-state index contributed by atoms with van der Waals surface area (Å²) in [6, 6.07) is 10.1. The third-order valence-corrected chi connectivity index (χ3v) is 4.60. The molecule has 1 aromatic heterocycles. The summed E-state index contributed by atoms with van der Waals surface area (Å²) in [7, 11) is 0. The smallest absolute Gasteiger partial charge is 0.118 e. The predicted molar refractivity (Wildman–Crippen MR) is 82.6 cm³/mol. The van der Waals surface area contributed by atoms with Crippen molar-refractivity contribution in [1.29, 1.82) is 5.26 Å². The highest BCUT2D eigenvalue weighted by Gasteiger charge is 2.05. The summed E-state index contributed by atoms with van der Waals surface area (Å²) < 4.78 is 0. The highest BCUT2D eigenvalue weighted by Crippen LogP contribution is 2.22. The lowest BCUT2D eigenvalue weighted by molar-refractivity contribution is 1.03. The molecule has 2 rings (SSSR count). The van der Waals surface area contributed by atoms with Gasteiger partial charge in [-0.15, -0.1) is 23.5 Å². The third kappa shape index (κ3) is 4.12. The Morgan fingerprint density at radius 3 is 2.63 bits per heavy atom. The minimum Gasteiger partial charge on any atom is -0.249 e. The number of benzene rings is 1. The van der Waals surface area contributed by atoms with Crippen LogP contribution in [0, 0.1) is 18.3 Å². The van der Waals surface area contributed by atoms with E-state index in [0.717, 1.165) is 39.7 Å². The molecule has 0 N–H and O–H groups in total. The molecule has 0 fully saturated rings. The number of thioether (sulfide) groups is 2. The summed E-state index contributed by atoms with van der Waals surface area (Å²) in [5.74, 6) is 2.63. The molecule has 0 saturated carbocycles. The van der Waals surface area contributed by atoms with Crippen LogP contribution in [0.4, 0.5) is 0 Å². The minimum atomic E-state index is 0.583. The number of aromatic nitrogens is 2. The van der Waals surface area contributed by atoms with Gasteiger partial charge >= 0.3 is 0 Å². The molecule has 0 aliphatic rings. The number of hydrogen-bond donors (Lipinski definition) is 0. The number of rotatable bonds is 6. The van der Waals surface area contributed by atoms with E-state index in [2.05, 4.69) is 16.0 Å². The Bertz CT molecular complexity index is 593. The van der Waals surface area contributed by atoms with Gasteiger partial charge in [-0.1, -0.05) is 12.1 Å². The van der Waals surface area contributed by atoms with Crippen molar-refractivity contribution >= 4 is 34.6 Å². The lowest BCUT2D eigenvalue weighted by Crippen LogP contribution is -1.94. The second-order valence-corrected chi connectivity index (χ2v) is 6.20. The molecule has 2 aromatic rings. The first-order chi connectivity index (χ1) is 9.31. The van der Waals surface area contributed by atoms with E-state index in [4.69, 9.17) is 5.26 Å². The Balaban J connectivity index is 1.93. The van der Waals surface area contributed by atoms with E-state index in [1.807, 2.05) is 31.2 Å². The normalized spacial score (nSPS) is 10.5. The van der Waals surface area contributed by atoms with Crippen molar-refractivity contribution in [3.05, 3.63) is 30.0 Å². The average Bonchev–Trinajstić information content (AvgIpc) is 2.43. The van der Waals surface area contributed by atoms with Crippen LogP contribution in [0.5, 0.6) is 0 Å². The molecular weight excluding hydrogens is 274 g/mol. The Morgan fingerprint density at radius 2 is 1.89 bits per heavy atom. The monoisotopic (exact) mass is 289 g/mol. The lowest BCUT2D eigenvalue weighted by atomic mass is 10.3. The van der Waals surface area contributed by atoms with E-state index < -0.39 is 0 Å². The molecule has 0 unspecified atom stereocenters. The zero-order chi connectivity index (χ0) is 13.5. The molecule has 0 aliphatic heterocycles. The topological polar surface area (TPSA) is 49.6 Å². The van der Waals surface area contributed by atoms with Crippen molar-refractivity contribution in [2.45, 2.75) is 18.4 Å². The maximum Gasteiger partial charge on any atom is 0.118 e. The first-order valence-corrected chi connectivity index (χ1v) is 8.26. The van der Waals surface area contributed by atoms with Crippen molar-refractivity contribution in [2.75, 3.05) is 17.3 Å². The molecule has 0 spiro atoms. The van der Waals surface area contributed by atoms with Crippen LogP contribution in [0.25, 0.3) is 11.0 Å². The fraction of sp³-hybridized carbons (Fsp3) is 0.357. The number of hydrogen-bond acceptors (Lipinski definition) is 5. The number of nitriles is 1. The zero-order valence-corrected chi connectivity index (χ0v) is 12.4. The third-order valence-electron chi connectivity index (χ3n) is 2.54. The number of aryl methyl sites for hydroxylation is 1. The second kappa shape index (κ2) is 7.37. The van der Waals surface area contributed by atoms with Gasteiger partial charge in [-0.25, -0.2) is 9.97 Å². The van der Waals surface area contributed by atoms with Gasteiger partial charge < -0.3 is 0 Å². The van der Waals surface area contributed by atoms with Crippen LogP contribution in [0.15, 0.2) is 29.3 Å². The van der Waals surface area contributed by atoms with Gasteiger partial charge in [0.25, 0.3) is 0 Å². The molecule has 0 bridgehead atoms. The molecular formula is C14H15N3S2. The van der Waals surface area contributed by atoms with Crippen LogP contribution in [0.1, 0.15) is 12.1 Å². The summed E-state index contributed by atoms with van der Waals surface area (Å²) >= 11 is 3.43. The molecule has 1 aromatic carbocycles. The lowest BCUT2D eigenvalue weighted by Gasteiger charge is -2.05. The predicted octanol–water partition coefficient (Wildman–Crippen LogP) is 3.68. The molecule has 0 radical (unpaired) electrons. The first kappa shape index (κ1) is 14.2. The van der Waals surface area contributed by atoms with Crippen molar-refractivity contribution in [2.24, 2.45) is 0 Å². The van der Waals surface area contributed by atoms with Gasteiger partial charge in [-0.05, 0) is 31.2 Å². The molecule has 0 aliphatic carbocycles. The molecule has 3 nitrogen and oxygen atoms in total. The number of nitrogens with zero attached hydrogens (tertiary/aromatic N) is 3. The largest absolute Gasteiger partial charge is 0.249 e. The van der Waals surface area contributed by atoms with Gasteiger partial charge in [-0.2, -0.15) is 5.26 Å². The van der Waals surface area contributed by atoms with E-state index in [9.17, 15) is 0 Å². The van der Waals surface area contributed by atoms with Gasteiger partial charge in [0.2, 0.25) is 0 Å². The fourth-order valence-corrected chi connectivity index (χ4v) is 3.32. The molecule has 5 heteroatoms. The minimum absolute atomic E-state index is 0.583. The molecule has 0 saturated heterocycles. The maximum atomic E-state index is 8.44. The Morgan fingerprint density at radius 1 is 1.16 bits per heavy atom. The van der Waals surface area contributed by atoms with Crippen LogP contribution >= 0.6 is 23.5 Å².